The van der Waals surface area contributed by atoms with Gasteiger partial charge in [-0.3, -0.25) is 9.59 Å². The molecule has 162 valence electrons. The van der Waals surface area contributed by atoms with Crippen LogP contribution in [0.15, 0.2) is 41.3 Å². The maximum Gasteiger partial charge on any atom is 0.305 e. The van der Waals surface area contributed by atoms with E-state index in [4.69, 9.17) is 0 Å². The number of carboxylic acids is 1. The molecule has 1 atom stereocenters. The van der Waals surface area contributed by atoms with Crippen molar-refractivity contribution in [3.63, 3.8) is 0 Å². The van der Waals surface area contributed by atoms with E-state index >= 15 is 0 Å². The highest BCUT2D eigenvalue weighted by atomic mass is 32.2. The first kappa shape index (κ1) is 21.0. The maximum absolute atomic E-state index is 12.9. The van der Waals surface area contributed by atoms with Crippen molar-refractivity contribution in [3.8, 4) is 0 Å². The minimum Gasteiger partial charge on any atom is -0.481 e. The molecule has 11 heteroatoms. The number of benzene rings is 1. The molecule has 0 spiro atoms. The van der Waals surface area contributed by atoms with E-state index in [0.29, 0.717) is 31.6 Å². The second-order valence-electron chi connectivity index (χ2n) is 7.41. The molecule has 3 heterocycles. The van der Waals surface area contributed by atoms with E-state index in [1.165, 1.54) is 4.63 Å². The molecule has 0 bridgehead atoms. The van der Waals surface area contributed by atoms with Gasteiger partial charge >= 0.3 is 5.97 Å². The number of anilines is 1. The molecule has 2 aromatic heterocycles. The number of carboxylic acid groups (broad SMARTS) is 1. The van der Waals surface area contributed by atoms with Gasteiger partial charge in [-0.05, 0) is 59.4 Å². The summed E-state index contributed by atoms with van der Waals surface area (Å²) in [4.78, 5) is 27.4. The SMILES string of the molecule is CSc1ccc([C@H](CC(=O)O)NC(=O)C2CCN(c3ccc4nnnn4n3)CC2)cc1. The number of nitrogens with zero attached hydrogens (tertiary/aromatic N) is 6. The fraction of sp³-hybridized carbons (Fsp3) is 0.400. The molecule has 31 heavy (non-hydrogen) atoms. The van der Waals surface area contributed by atoms with Crippen LogP contribution in [-0.4, -0.2) is 61.6 Å². The molecule has 0 saturated carbocycles. The molecular weight excluding hydrogens is 418 g/mol. The third-order valence-corrected chi connectivity index (χ3v) is 6.20. The van der Waals surface area contributed by atoms with E-state index in [-0.39, 0.29) is 18.2 Å². The highest BCUT2D eigenvalue weighted by molar-refractivity contribution is 7.98. The number of nitrogens with one attached hydrogen (secondary N) is 1. The monoisotopic (exact) mass is 441 g/mol. The van der Waals surface area contributed by atoms with Gasteiger partial charge in [0.15, 0.2) is 11.5 Å². The number of fused-ring (bicyclic) bond motifs is 1. The van der Waals surface area contributed by atoms with Crippen molar-refractivity contribution >= 4 is 35.1 Å². The predicted molar refractivity (Wildman–Crippen MR) is 115 cm³/mol. The lowest BCUT2D eigenvalue weighted by Crippen LogP contribution is -2.42. The van der Waals surface area contributed by atoms with Crippen LogP contribution in [0.2, 0.25) is 0 Å². The third kappa shape index (κ3) is 4.93. The largest absolute Gasteiger partial charge is 0.481 e. The predicted octanol–water partition coefficient (Wildman–Crippen LogP) is 1.79. The summed E-state index contributed by atoms with van der Waals surface area (Å²) in [7, 11) is 0. The Morgan fingerprint density at radius 3 is 2.61 bits per heavy atom. The second kappa shape index (κ2) is 9.29. The molecule has 2 N–H and O–H groups in total. The summed E-state index contributed by atoms with van der Waals surface area (Å²) in [5, 5.41) is 27.9. The van der Waals surface area contributed by atoms with Crippen LogP contribution in [0.4, 0.5) is 5.82 Å². The van der Waals surface area contributed by atoms with Gasteiger partial charge in [-0.2, -0.15) is 0 Å². The zero-order valence-electron chi connectivity index (χ0n) is 17.0. The van der Waals surface area contributed by atoms with Crippen molar-refractivity contribution in [2.24, 2.45) is 5.92 Å². The molecule has 0 unspecified atom stereocenters. The van der Waals surface area contributed by atoms with E-state index in [9.17, 15) is 14.7 Å². The van der Waals surface area contributed by atoms with Gasteiger partial charge in [0.05, 0.1) is 12.5 Å². The lowest BCUT2D eigenvalue weighted by molar-refractivity contribution is -0.138. The summed E-state index contributed by atoms with van der Waals surface area (Å²) in [6, 6.07) is 10.8. The topological polar surface area (TPSA) is 126 Å². The maximum atomic E-state index is 12.9. The quantitative estimate of drug-likeness (QED) is 0.528. The minimum atomic E-state index is -0.946. The summed E-state index contributed by atoms with van der Waals surface area (Å²) in [6.07, 6.45) is 3.14. The first-order valence-electron chi connectivity index (χ1n) is 10.00. The number of carbonyl (C=O) groups is 2. The standard InChI is InChI=1S/C20H23N7O3S/c1-31-15-4-2-13(3-5-15)16(12-19(28)29)21-20(30)14-8-10-26(11-9-14)18-7-6-17-22-24-25-27(17)23-18/h2-7,14,16H,8-12H2,1H3,(H,21,30)(H,28,29)/t16-/m0/s1. The highest BCUT2D eigenvalue weighted by Gasteiger charge is 2.28. The number of aromatic nitrogens is 5. The number of tetrazole rings is 1. The number of hydrogen-bond acceptors (Lipinski definition) is 8. The summed E-state index contributed by atoms with van der Waals surface area (Å²) >= 11 is 1.61. The lowest BCUT2D eigenvalue weighted by Gasteiger charge is -2.32. The van der Waals surface area contributed by atoms with Crippen LogP contribution in [0.5, 0.6) is 0 Å². The van der Waals surface area contributed by atoms with E-state index in [1.807, 2.05) is 36.6 Å². The fourth-order valence-electron chi connectivity index (χ4n) is 3.73. The Kier molecular flexibility index (Phi) is 6.31. The molecule has 1 fully saturated rings. The zero-order valence-corrected chi connectivity index (χ0v) is 17.8. The van der Waals surface area contributed by atoms with Gasteiger partial charge in [0.2, 0.25) is 5.91 Å². The second-order valence-corrected chi connectivity index (χ2v) is 8.29. The number of carbonyl (C=O) groups excluding carboxylic acids is 1. The van der Waals surface area contributed by atoms with Crippen LogP contribution in [-0.2, 0) is 9.59 Å². The average molecular weight is 442 g/mol. The number of hydrogen-bond donors (Lipinski definition) is 2. The Morgan fingerprint density at radius 2 is 1.94 bits per heavy atom. The molecular formula is C20H23N7O3S. The first-order chi connectivity index (χ1) is 15.0. The van der Waals surface area contributed by atoms with Gasteiger partial charge < -0.3 is 15.3 Å². The van der Waals surface area contributed by atoms with Crippen LogP contribution >= 0.6 is 11.8 Å². The van der Waals surface area contributed by atoms with E-state index in [2.05, 4.69) is 30.8 Å². The van der Waals surface area contributed by atoms with Gasteiger partial charge in [-0.1, -0.05) is 12.1 Å². The Balaban J connectivity index is 1.38. The van der Waals surface area contributed by atoms with Crippen LogP contribution in [0.1, 0.15) is 30.9 Å². The molecule has 1 aliphatic heterocycles. The molecule has 1 aliphatic rings. The van der Waals surface area contributed by atoms with Crippen LogP contribution in [0.25, 0.3) is 5.65 Å². The molecule has 1 amide bonds. The van der Waals surface area contributed by atoms with Gasteiger partial charge in [-0.15, -0.1) is 26.6 Å². The molecule has 0 radical (unpaired) electrons. The van der Waals surface area contributed by atoms with Crippen LogP contribution < -0.4 is 10.2 Å². The van der Waals surface area contributed by atoms with Crippen LogP contribution in [0.3, 0.4) is 0 Å². The van der Waals surface area contributed by atoms with Crippen molar-refractivity contribution in [2.45, 2.75) is 30.2 Å². The molecule has 1 aromatic carbocycles. The lowest BCUT2D eigenvalue weighted by atomic mass is 9.94. The van der Waals surface area contributed by atoms with Crippen molar-refractivity contribution in [2.75, 3.05) is 24.2 Å². The number of thioether (sulfide) groups is 1. The summed E-state index contributed by atoms with van der Waals surface area (Å²) in [6.45, 7) is 1.34. The van der Waals surface area contributed by atoms with Crippen molar-refractivity contribution in [3.05, 3.63) is 42.0 Å². The van der Waals surface area contributed by atoms with E-state index in [0.717, 1.165) is 16.3 Å². The fourth-order valence-corrected chi connectivity index (χ4v) is 4.14. The van der Waals surface area contributed by atoms with E-state index < -0.39 is 12.0 Å². The van der Waals surface area contributed by atoms with Crippen molar-refractivity contribution < 1.29 is 14.7 Å². The van der Waals surface area contributed by atoms with Gasteiger partial charge in [0.25, 0.3) is 0 Å². The number of rotatable bonds is 7. The number of amides is 1. The summed E-state index contributed by atoms with van der Waals surface area (Å²) in [5.41, 5.74) is 1.37. The Morgan fingerprint density at radius 1 is 1.19 bits per heavy atom. The first-order valence-corrected chi connectivity index (χ1v) is 11.2. The Hall–Kier alpha value is -3.21. The van der Waals surface area contributed by atoms with Gasteiger partial charge in [0, 0.05) is 23.9 Å². The van der Waals surface area contributed by atoms with Crippen molar-refractivity contribution in [1.82, 2.24) is 30.6 Å². The Bertz CT molecular complexity index is 1060. The smallest absolute Gasteiger partial charge is 0.305 e. The zero-order chi connectivity index (χ0) is 21.8. The number of piperidine rings is 1. The Labute approximate surface area is 183 Å². The average Bonchev–Trinajstić information content (AvgIpc) is 3.26. The molecule has 3 aromatic rings. The third-order valence-electron chi connectivity index (χ3n) is 5.46. The molecule has 4 rings (SSSR count). The summed E-state index contributed by atoms with van der Waals surface area (Å²) in [5.74, 6) is -0.465. The normalized spacial score (nSPS) is 15.7. The number of aliphatic carboxylic acids is 1. The highest BCUT2D eigenvalue weighted by Crippen LogP contribution is 2.25. The molecule has 1 saturated heterocycles. The van der Waals surface area contributed by atoms with Gasteiger partial charge in [0.1, 0.15) is 0 Å². The molecule has 10 nitrogen and oxygen atoms in total. The summed E-state index contributed by atoms with van der Waals surface area (Å²) < 4.78 is 1.38. The van der Waals surface area contributed by atoms with E-state index in [1.54, 1.807) is 17.8 Å². The molecule has 0 aliphatic carbocycles. The van der Waals surface area contributed by atoms with Gasteiger partial charge in [-0.25, -0.2) is 0 Å². The van der Waals surface area contributed by atoms with Crippen LogP contribution in [0, 0.1) is 5.92 Å². The minimum absolute atomic E-state index is 0.108. The van der Waals surface area contributed by atoms with Crippen molar-refractivity contribution in [1.29, 1.82) is 0 Å².